The molecule has 0 saturated carbocycles. The third-order valence-corrected chi connectivity index (χ3v) is 7.09. The third-order valence-electron chi connectivity index (χ3n) is 5.34. The Morgan fingerprint density at radius 3 is 2.32 bits per heavy atom. The van der Waals surface area contributed by atoms with Crippen molar-refractivity contribution in [2.75, 3.05) is 27.2 Å². The van der Waals surface area contributed by atoms with E-state index in [9.17, 15) is 12.8 Å². The van der Waals surface area contributed by atoms with Gasteiger partial charge in [-0.25, -0.2) is 12.8 Å². The molecule has 2 rings (SSSR count). The van der Waals surface area contributed by atoms with E-state index in [2.05, 4.69) is 18.8 Å². The lowest BCUT2D eigenvalue weighted by Gasteiger charge is -2.37. The SMILES string of the molecule is CC(C)CCOc1ccc(CN(CC(C)(C)N(C)C)S(=O)(=O)c2cncc(F)c2)cc1. The maximum absolute atomic E-state index is 13.7. The molecule has 0 amide bonds. The predicted octanol–water partition coefficient (Wildman–Crippen LogP) is 4.18. The van der Waals surface area contributed by atoms with Crippen LogP contribution in [-0.2, 0) is 16.6 Å². The van der Waals surface area contributed by atoms with Gasteiger partial charge in [0.1, 0.15) is 16.5 Å². The second-order valence-electron chi connectivity index (χ2n) is 8.99. The molecule has 1 aromatic carbocycles. The lowest BCUT2D eigenvalue weighted by atomic mass is 10.0. The highest BCUT2D eigenvalue weighted by molar-refractivity contribution is 7.89. The number of nitrogens with zero attached hydrogens (tertiary/aromatic N) is 3. The van der Waals surface area contributed by atoms with Crippen LogP contribution in [0.4, 0.5) is 4.39 Å². The van der Waals surface area contributed by atoms with Crippen LogP contribution >= 0.6 is 0 Å². The molecule has 0 aliphatic rings. The van der Waals surface area contributed by atoms with E-state index < -0.39 is 21.4 Å². The van der Waals surface area contributed by atoms with E-state index in [-0.39, 0.29) is 18.0 Å². The Morgan fingerprint density at radius 1 is 1.13 bits per heavy atom. The zero-order valence-electron chi connectivity index (χ0n) is 19.3. The van der Waals surface area contributed by atoms with Crippen LogP contribution in [0.1, 0.15) is 39.7 Å². The summed E-state index contributed by atoms with van der Waals surface area (Å²) in [5, 5.41) is 0. The summed E-state index contributed by atoms with van der Waals surface area (Å²) in [4.78, 5) is 5.52. The van der Waals surface area contributed by atoms with Gasteiger partial charge in [0, 0.05) is 24.8 Å². The molecule has 1 aromatic heterocycles. The number of hydrogen-bond donors (Lipinski definition) is 0. The van der Waals surface area contributed by atoms with Crippen LogP contribution in [-0.4, -0.2) is 55.4 Å². The minimum atomic E-state index is -3.95. The molecule has 0 aliphatic carbocycles. The number of aromatic nitrogens is 1. The first-order chi connectivity index (χ1) is 14.4. The highest BCUT2D eigenvalue weighted by Crippen LogP contribution is 2.24. The van der Waals surface area contributed by atoms with Gasteiger partial charge in [-0.1, -0.05) is 26.0 Å². The lowest BCUT2D eigenvalue weighted by Crippen LogP contribution is -2.49. The van der Waals surface area contributed by atoms with E-state index in [0.29, 0.717) is 12.5 Å². The number of rotatable bonds is 11. The third kappa shape index (κ3) is 7.26. The molecule has 8 heteroatoms. The smallest absolute Gasteiger partial charge is 0.245 e. The van der Waals surface area contributed by atoms with Crippen molar-refractivity contribution in [3.8, 4) is 5.75 Å². The van der Waals surface area contributed by atoms with E-state index in [1.54, 1.807) is 0 Å². The van der Waals surface area contributed by atoms with Gasteiger partial charge in [0.15, 0.2) is 0 Å². The maximum Gasteiger partial charge on any atom is 0.245 e. The van der Waals surface area contributed by atoms with Gasteiger partial charge >= 0.3 is 0 Å². The van der Waals surface area contributed by atoms with Crippen molar-refractivity contribution in [2.24, 2.45) is 5.92 Å². The first-order valence-corrected chi connectivity index (χ1v) is 11.9. The van der Waals surface area contributed by atoms with E-state index in [1.165, 1.54) is 10.5 Å². The van der Waals surface area contributed by atoms with Crippen molar-refractivity contribution in [2.45, 2.75) is 51.1 Å². The van der Waals surface area contributed by atoms with Crippen LogP contribution < -0.4 is 4.74 Å². The van der Waals surface area contributed by atoms with Crippen LogP contribution in [0.5, 0.6) is 5.75 Å². The first-order valence-electron chi connectivity index (χ1n) is 10.4. The molecule has 0 spiro atoms. The molecule has 0 atom stereocenters. The highest BCUT2D eigenvalue weighted by atomic mass is 32.2. The van der Waals surface area contributed by atoms with Gasteiger partial charge in [0.25, 0.3) is 0 Å². The Morgan fingerprint density at radius 2 is 1.77 bits per heavy atom. The van der Waals surface area contributed by atoms with Crippen molar-refractivity contribution in [1.29, 1.82) is 0 Å². The molecule has 0 saturated heterocycles. The quantitative estimate of drug-likeness (QED) is 0.513. The molecule has 1 heterocycles. The molecule has 0 aliphatic heterocycles. The molecule has 0 fully saturated rings. The van der Waals surface area contributed by atoms with Gasteiger partial charge in [-0.3, -0.25) is 4.98 Å². The number of sulfonamides is 1. The summed E-state index contributed by atoms with van der Waals surface area (Å²) in [6, 6.07) is 8.42. The summed E-state index contributed by atoms with van der Waals surface area (Å²) in [5.74, 6) is 0.632. The van der Waals surface area contributed by atoms with Crippen molar-refractivity contribution in [3.63, 3.8) is 0 Å². The van der Waals surface area contributed by atoms with E-state index in [1.807, 2.05) is 57.1 Å². The Balaban J connectivity index is 2.27. The first kappa shape index (κ1) is 25.2. The summed E-state index contributed by atoms with van der Waals surface area (Å²) >= 11 is 0. The summed E-state index contributed by atoms with van der Waals surface area (Å²) in [7, 11) is -0.148. The molecule has 0 unspecified atom stereocenters. The van der Waals surface area contributed by atoms with Gasteiger partial charge in [-0.05, 0) is 64.0 Å². The van der Waals surface area contributed by atoms with E-state index >= 15 is 0 Å². The van der Waals surface area contributed by atoms with Crippen molar-refractivity contribution < 1.29 is 17.5 Å². The van der Waals surface area contributed by atoms with Crippen molar-refractivity contribution >= 4 is 10.0 Å². The molecular formula is C23H34FN3O3S. The fourth-order valence-electron chi connectivity index (χ4n) is 2.79. The minimum absolute atomic E-state index is 0.155. The molecule has 0 radical (unpaired) electrons. The fraction of sp³-hybridized carbons (Fsp3) is 0.522. The highest BCUT2D eigenvalue weighted by Gasteiger charge is 2.32. The van der Waals surface area contributed by atoms with Crippen molar-refractivity contribution in [3.05, 3.63) is 54.1 Å². The number of hydrogen-bond acceptors (Lipinski definition) is 5. The van der Waals surface area contributed by atoms with E-state index in [0.717, 1.165) is 30.0 Å². The van der Waals surface area contributed by atoms with Gasteiger partial charge in [-0.2, -0.15) is 4.31 Å². The Hall–Kier alpha value is -2.03. The second kappa shape index (κ2) is 10.5. The number of pyridine rings is 1. The monoisotopic (exact) mass is 451 g/mol. The molecule has 6 nitrogen and oxygen atoms in total. The Kier molecular flexibility index (Phi) is 8.57. The lowest BCUT2D eigenvalue weighted by molar-refractivity contribution is 0.156. The Labute approximate surface area is 186 Å². The summed E-state index contributed by atoms with van der Waals surface area (Å²) in [6.07, 6.45) is 3.14. The molecular weight excluding hydrogens is 417 g/mol. The van der Waals surface area contributed by atoms with Gasteiger partial charge in [0.05, 0.1) is 12.8 Å². The Bertz CT molecular complexity index is 945. The fourth-order valence-corrected chi connectivity index (χ4v) is 4.35. The van der Waals surface area contributed by atoms with Crippen molar-refractivity contribution in [1.82, 2.24) is 14.2 Å². The molecule has 0 bridgehead atoms. The van der Waals surface area contributed by atoms with Crippen LogP contribution in [0.25, 0.3) is 0 Å². The normalized spacial score (nSPS) is 12.7. The average Bonchev–Trinajstić information content (AvgIpc) is 2.68. The molecule has 0 N–H and O–H groups in total. The number of ether oxygens (including phenoxy) is 1. The summed E-state index contributed by atoms with van der Waals surface area (Å²) < 4.78 is 47.5. The number of likely N-dealkylation sites (N-methyl/N-ethyl adjacent to an activating group) is 1. The topological polar surface area (TPSA) is 62.7 Å². The van der Waals surface area contributed by atoms with Crippen LogP contribution in [0, 0.1) is 11.7 Å². The standard InChI is InChI=1S/C23H34FN3O3S/c1-18(2)11-12-30-21-9-7-19(8-10-21)16-27(17-23(3,4)26(5)6)31(28,29)22-13-20(24)14-25-15-22/h7-10,13-15,18H,11-12,16-17H2,1-6H3. The second-order valence-corrected chi connectivity index (χ2v) is 10.9. The minimum Gasteiger partial charge on any atom is -0.494 e. The molecule has 31 heavy (non-hydrogen) atoms. The summed E-state index contributed by atoms with van der Waals surface area (Å²) in [5.41, 5.74) is 0.381. The molecule has 172 valence electrons. The van der Waals surface area contributed by atoms with E-state index in [4.69, 9.17) is 4.74 Å². The molecule has 2 aromatic rings. The predicted molar refractivity (Wildman–Crippen MR) is 121 cm³/mol. The van der Waals surface area contributed by atoms with Crippen LogP contribution in [0.3, 0.4) is 0 Å². The van der Waals surface area contributed by atoms with Crippen LogP contribution in [0.15, 0.2) is 47.6 Å². The largest absolute Gasteiger partial charge is 0.494 e. The van der Waals surface area contributed by atoms with Gasteiger partial charge in [-0.15, -0.1) is 0 Å². The average molecular weight is 452 g/mol. The maximum atomic E-state index is 13.7. The zero-order chi connectivity index (χ0) is 23.2. The van der Waals surface area contributed by atoms with Gasteiger partial charge in [0.2, 0.25) is 10.0 Å². The number of benzene rings is 1. The summed E-state index contributed by atoms with van der Waals surface area (Å²) in [6.45, 7) is 9.24. The zero-order valence-corrected chi connectivity index (χ0v) is 20.1. The van der Waals surface area contributed by atoms with Gasteiger partial charge < -0.3 is 9.64 Å². The number of halogens is 1. The van der Waals surface area contributed by atoms with Crippen LogP contribution in [0.2, 0.25) is 0 Å².